The SMILES string of the molecule is CCN(CC)S(=O)(=O)c1ccc(C(=O)Nc2cc(C)c3c(=O)oc4ccccc4c3n2)cc1. The minimum Gasteiger partial charge on any atom is -0.422 e. The minimum atomic E-state index is -3.61. The number of amides is 1. The molecule has 170 valence electrons. The van der Waals surface area contributed by atoms with E-state index in [2.05, 4.69) is 10.3 Å². The third-order valence-electron chi connectivity index (χ3n) is 5.47. The summed E-state index contributed by atoms with van der Waals surface area (Å²) in [6, 6.07) is 14.4. The number of fused-ring (bicyclic) bond motifs is 3. The molecule has 0 saturated heterocycles. The summed E-state index contributed by atoms with van der Waals surface area (Å²) >= 11 is 0. The van der Waals surface area contributed by atoms with Crippen molar-refractivity contribution >= 4 is 43.6 Å². The van der Waals surface area contributed by atoms with Crippen molar-refractivity contribution in [3.8, 4) is 0 Å². The molecule has 1 N–H and O–H groups in total. The van der Waals surface area contributed by atoms with Gasteiger partial charge in [-0.1, -0.05) is 26.0 Å². The molecule has 9 heteroatoms. The average molecular weight is 466 g/mol. The Hall–Kier alpha value is -3.56. The highest BCUT2D eigenvalue weighted by atomic mass is 32.2. The molecule has 0 fully saturated rings. The van der Waals surface area contributed by atoms with Gasteiger partial charge in [-0.05, 0) is 55.0 Å². The Balaban J connectivity index is 1.67. The Morgan fingerprint density at radius 3 is 2.39 bits per heavy atom. The summed E-state index contributed by atoms with van der Waals surface area (Å²) in [4.78, 5) is 29.9. The number of benzene rings is 2. The van der Waals surface area contributed by atoms with Crippen LogP contribution in [0.1, 0.15) is 29.8 Å². The monoisotopic (exact) mass is 465 g/mol. The molecule has 1 amide bonds. The number of carbonyl (C=O) groups is 1. The van der Waals surface area contributed by atoms with E-state index < -0.39 is 21.6 Å². The minimum absolute atomic E-state index is 0.126. The molecule has 0 aliphatic rings. The molecule has 2 heterocycles. The summed E-state index contributed by atoms with van der Waals surface area (Å²) in [7, 11) is -3.61. The van der Waals surface area contributed by atoms with Crippen LogP contribution in [0.2, 0.25) is 0 Å². The molecule has 2 aromatic carbocycles. The van der Waals surface area contributed by atoms with Crippen molar-refractivity contribution in [2.45, 2.75) is 25.7 Å². The molecule has 4 aromatic rings. The molecular weight excluding hydrogens is 442 g/mol. The van der Waals surface area contributed by atoms with Crippen LogP contribution < -0.4 is 10.9 Å². The van der Waals surface area contributed by atoms with Gasteiger partial charge in [0, 0.05) is 24.0 Å². The van der Waals surface area contributed by atoms with E-state index in [0.29, 0.717) is 40.5 Å². The van der Waals surface area contributed by atoms with Gasteiger partial charge < -0.3 is 9.73 Å². The number of anilines is 1. The lowest BCUT2D eigenvalue weighted by Crippen LogP contribution is -2.30. The fraction of sp³-hybridized carbons (Fsp3) is 0.208. The van der Waals surface area contributed by atoms with Crippen molar-refractivity contribution in [3.05, 3.63) is 76.1 Å². The van der Waals surface area contributed by atoms with Crippen molar-refractivity contribution in [3.63, 3.8) is 0 Å². The lowest BCUT2D eigenvalue weighted by atomic mass is 10.1. The first-order chi connectivity index (χ1) is 15.8. The molecule has 8 nitrogen and oxygen atoms in total. The highest BCUT2D eigenvalue weighted by molar-refractivity contribution is 7.89. The summed E-state index contributed by atoms with van der Waals surface area (Å²) in [6.07, 6.45) is 0. The fourth-order valence-electron chi connectivity index (χ4n) is 3.77. The lowest BCUT2D eigenvalue weighted by Gasteiger charge is -2.18. The molecule has 0 aliphatic heterocycles. The zero-order valence-corrected chi connectivity index (χ0v) is 19.3. The topological polar surface area (TPSA) is 110 Å². The average Bonchev–Trinajstić information content (AvgIpc) is 2.79. The van der Waals surface area contributed by atoms with Crippen LogP contribution in [0.25, 0.3) is 21.9 Å². The predicted octanol–water partition coefficient (Wildman–Crippen LogP) is 3.93. The van der Waals surface area contributed by atoms with E-state index in [9.17, 15) is 18.0 Å². The van der Waals surface area contributed by atoms with Gasteiger partial charge in [-0.25, -0.2) is 18.2 Å². The second kappa shape index (κ2) is 8.76. The first-order valence-corrected chi connectivity index (χ1v) is 11.9. The van der Waals surface area contributed by atoms with Crippen molar-refractivity contribution in [1.29, 1.82) is 0 Å². The number of nitrogens with one attached hydrogen (secondary N) is 1. The van der Waals surface area contributed by atoms with Crippen molar-refractivity contribution in [2.24, 2.45) is 0 Å². The molecule has 0 unspecified atom stereocenters. The van der Waals surface area contributed by atoms with Crippen LogP contribution in [-0.4, -0.2) is 36.7 Å². The van der Waals surface area contributed by atoms with Crippen LogP contribution >= 0.6 is 0 Å². The molecule has 2 aromatic heterocycles. The molecular formula is C24H23N3O5S. The van der Waals surface area contributed by atoms with Crippen LogP contribution in [0.5, 0.6) is 0 Å². The second-order valence-electron chi connectivity index (χ2n) is 7.50. The third kappa shape index (κ3) is 4.12. The number of aromatic nitrogens is 1. The third-order valence-corrected chi connectivity index (χ3v) is 7.53. The fourth-order valence-corrected chi connectivity index (χ4v) is 5.23. The lowest BCUT2D eigenvalue weighted by molar-refractivity contribution is 0.102. The zero-order valence-electron chi connectivity index (χ0n) is 18.5. The molecule has 33 heavy (non-hydrogen) atoms. The Kier molecular flexibility index (Phi) is 6.01. The molecule has 0 radical (unpaired) electrons. The summed E-state index contributed by atoms with van der Waals surface area (Å²) < 4.78 is 32.0. The second-order valence-corrected chi connectivity index (χ2v) is 9.44. The maximum atomic E-state index is 12.8. The Morgan fingerprint density at radius 2 is 1.73 bits per heavy atom. The van der Waals surface area contributed by atoms with Crippen LogP contribution in [-0.2, 0) is 10.0 Å². The number of hydrogen-bond donors (Lipinski definition) is 1. The highest BCUT2D eigenvalue weighted by Gasteiger charge is 2.22. The number of pyridine rings is 1. The Bertz CT molecular complexity index is 1520. The summed E-state index contributed by atoms with van der Waals surface area (Å²) in [5.41, 5.74) is 1.27. The molecule has 4 rings (SSSR count). The molecule has 0 spiro atoms. The summed E-state index contributed by atoms with van der Waals surface area (Å²) in [5, 5.41) is 3.76. The summed E-state index contributed by atoms with van der Waals surface area (Å²) in [6.45, 7) is 6.02. The number of rotatable bonds is 6. The van der Waals surface area contributed by atoms with E-state index in [1.54, 1.807) is 45.0 Å². The van der Waals surface area contributed by atoms with E-state index in [4.69, 9.17) is 4.42 Å². The van der Waals surface area contributed by atoms with Gasteiger partial charge >= 0.3 is 5.63 Å². The van der Waals surface area contributed by atoms with Crippen LogP contribution in [0.3, 0.4) is 0 Å². The number of carbonyl (C=O) groups excluding carboxylic acids is 1. The van der Waals surface area contributed by atoms with E-state index in [1.807, 2.05) is 6.07 Å². The van der Waals surface area contributed by atoms with Gasteiger partial charge in [-0.15, -0.1) is 0 Å². The highest BCUT2D eigenvalue weighted by Crippen LogP contribution is 2.25. The normalized spacial score (nSPS) is 11.9. The van der Waals surface area contributed by atoms with Gasteiger partial charge in [0.15, 0.2) is 0 Å². The Labute approximate surface area is 190 Å². The quantitative estimate of drug-likeness (QED) is 0.341. The van der Waals surface area contributed by atoms with E-state index in [-0.39, 0.29) is 16.3 Å². The van der Waals surface area contributed by atoms with E-state index in [0.717, 1.165) is 0 Å². The number of aryl methyl sites for hydroxylation is 1. The molecule has 0 aliphatic carbocycles. The zero-order chi connectivity index (χ0) is 23.8. The van der Waals surface area contributed by atoms with E-state index in [1.165, 1.54) is 28.6 Å². The maximum absolute atomic E-state index is 12.8. The summed E-state index contributed by atoms with van der Waals surface area (Å²) in [5.74, 6) is -0.166. The van der Waals surface area contributed by atoms with Gasteiger partial charge in [0.25, 0.3) is 5.91 Å². The van der Waals surface area contributed by atoms with Gasteiger partial charge in [0.2, 0.25) is 10.0 Å². The van der Waals surface area contributed by atoms with Gasteiger partial charge in [0.1, 0.15) is 11.4 Å². The maximum Gasteiger partial charge on any atom is 0.346 e. The number of sulfonamides is 1. The van der Waals surface area contributed by atoms with Gasteiger partial charge in [-0.2, -0.15) is 4.31 Å². The number of hydrogen-bond acceptors (Lipinski definition) is 6. The van der Waals surface area contributed by atoms with Gasteiger partial charge in [0.05, 0.1) is 15.8 Å². The largest absolute Gasteiger partial charge is 0.422 e. The number of nitrogens with zero attached hydrogens (tertiary/aromatic N) is 2. The van der Waals surface area contributed by atoms with Crippen LogP contribution in [0.15, 0.2) is 68.7 Å². The predicted molar refractivity (Wildman–Crippen MR) is 127 cm³/mol. The number of para-hydroxylation sites is 1. The first-order valence-electron chi connectivity index (χ1n) is 10.5. The first kappa shape index (κ1) is 22.6. The van der Waals surface area contributed by atoms with Crippen LogP contribution in [0, 0.1) is 6.92 Å². The van der Waals surface area contributed by atoms with E-state index >= 15 is 0 Å². The standard InChI is InChI=1S/C24H23N3O5S/c1-4-27(5-2)33(30,31)17-12-10-16(11-13-17)23(28)26-20-14-15(3)21-22(25-20)18-8-6-7-9-19(18)32-24(21)29/h6-14H,4-5H2,1-3H3,(H,25,26,28). The molecule has 0 atom stereocenters. The molecule has 0 bridgehead atoms. The Morgan fingerprint density at radius 1 is 1.06 bits per heavy atom. The van der Waals surface area contributed by atoms with Gasteiger partial charge in [-0.3, -0.25) is 4.79 Å². The van der Waals surface area contributed by atoms with Crippen molar-refractivity contribution in [1.82, 2.24) is 9.29 Å². The smallest absolute Gasteiger partial charge is 0.346 e. The van der Waals surface area contributed by atoms with Crippen molar-refractivity contribution in [2.75, 3.05) is 18.4 Å². The van der Waals surface area contributed by atoms with Crippen molar-refractivity contribution < 1.29 is 17.6 Å². The molecule has 0 saturated carbocycles. The van der Waals surface area contributed by atoms with Crippen LogP contribution in [0.4, 0.5) is 5.82 Å².